The molecule has 0 amide bonds. The molecule has 2 aromatic heterocycles. The summed E-state index contributed by atoms with van der Waals surface area (Å²) in [5, 5.41) is 11.3. The van der Waals surface area contributed by atoms with E-state index in [1.54, 1.807) is 18.4 Å². The summed E-state index contributed by atoms with van der Waals surface area (Å²) >= 11 is 1.57. The summed E-state index contributed by atoms with van der Waals surface area (Å²) in [6, 6.07) is 11.6. The van der Waals surface area contributed by atoms with Crippen molar-refractivity contribution in [3.63, 3.8) is 0 Å². The number of nitrogens with zero attached hydrogens (tertiary/aromatic N) is 2. The number of aliphatic hydroxyl groups excluding tert-OH is 1. The first-order valence-corrected chi connectivity index (χ1v) is 10.8. The molecule has 3 rings (SSSR count). The number of aromatic nitrogens is 2. The topological polar surface area (TPSA) is 78.5 Å². The van der Waals surface area contributed by atoms with Crippen LogP contribution in [-0.4, -0.2) is 46.8 Å². The molecule has 0 saturated carbocycles. The third-order valence-corrected chi connectivity index (χ3v) is 6.18. The number of hydrogen-bond donors (Lipinski definition) is 2. The van der Waals surface area contributed by atoms with Gasteiger partial charge in [0.25, 0.3) is 5.56 Å². The standard InChI is InChI=1S/C22H29N3O3S/c1-15(2)19-12-17-21(27)23-20(24-22(17)29-19)14-25(10-7-11-28-3)13-18(26)16-8-5-4-6-9-16/h4-6,8-9,12,15,18,26H,7,10-11,13-14H2,1-3H3,(H,23,24,27). The lowest BCUT2D eigenvalue weighted by molar-refractivity contribution is 0.0981. The number of rotatable bonds is 10. The molecule has 0 fully saturated rings. The molecule has 0 aliphatic heterocycles. The third-order valence-electron chi connectivity index (χ3n) is 4.85. The number of aromatic amines is 1. The van der Waals surface area contributed by atoms with Gasteiger partial charge in [-0.2, -0.15) is 0 Å². The Hall–Kier alpha value is -2.06. The monoisotopic (exact) mass is 415 g/mol. The summed E-state index contributed by atoms with van der Waals surface area (Å²) < 4.78 is 5.17. The SMILES string of the molecule is COCCCN(Cc1nc2sc(C(C)C)cc2c(=O)[nH]1)CC(O)c1ccccc1. The molecule has 0 spiro atoms. The number of nitrogens with one attached hydrogen (secondary N) is 1. The van der Waals surface area contributed by atoms with Crippen molar-refractivity contribution in [3.8, 4) is 0 Å². The third kappa shape index (κ3) is 5.73. The van der Waals surface area contributed by atoms with Gasteiger partial charge in [0.2, 0.25) is 0 Å². The van der Waals surface area contributed by atoms with Crippen LogP contribution < -0.4 is 5.56 Å². The maximum Gasteiger partial charge on any atom is 0.259 e. The van der Waals surface area contributed by atoms with Gasteiger partial charge in [0.05, 0.1) is 18.0 Å². The highest BCUT2D eigenvalue weighted by Crippen LogP contribution is 2.27. The van der Waals surface area contributed by atoms with Crippen LogP contribution in [0.4, 0.5) is 0 Å². The van der Waals surface area contributed by atoms with Gasteiger partial charge in [0.15, 0.2) is 0 Å². The molecule has 7 heteroatoms. The number of fused-ring (bicyclic) bond motifs is 1. The first kappa shape index (κ1) is 21.6. The zero-order valence-corrected chi connectivity index (χ0v) is 18.0. The average Bonchev–Trinajstić information content (AvgIpc) is 3.14. The van der Waals surface area contributed by atoms with Gasteiger partial charge in [-0.15, -0.1) is 11.3 Å². The molecule has 0 aliphatic carbocycles. The number of H-pyrrole nitrogens is 1. The van der Waals surface area contributed by atoms with Gasteiger partial charge < -0.3 is 14.8 Å². The molecule has 0 aliphatic rings. The molecule has 6 nitrogen and oxygen atoms in total. The van der Waals surface area contributed by atoms with Crippen LogP contribution in [-0.2, 0) is 11.3 Å². The van der Waals surface area contributed by atoms with Crippen molar-refractivity contribution in [1.29, 1.82) is 0 Å². The van der Waals surface area contributed by atoms with E-state index in [4.69, 9.17) is 9.72 Å². The first-order chi connectivity index (χ1) is 14.0. The van der Waals surface area contributed by atoms with Crippen LogP contribution in [0.5, 0.6) is 0 Å². The van der Waals surface area contributed by atoms with Crippen LogP contribution in [0.1, 0.15) is 48.6 Å². The van der Waals surface area contributed by atoms with Crippen molar-refractivity contribution >= 4 is 21.6 Å². The molecule has 1 aromatic carbocycles. The minimum Gasteiger partial charge on any atom is -0.387 e. The number of aliphatic hydroxyl groups is 1. The molecule has 0 bridgehead atoms. The Bertz CT molecular complexity index is 968. The van der Waals surface area contributed by atoms with Crippen LogP contribution in [0.3, 0.4) is 0 Å². The number of thiophene rings is 1. The van der Waals surface area contributed by atoms with Crippen molar-refractivity contribution in [2.45, 2.75) is 38.8 Å². The molecular formula is C22H29N3O3S. The Morgan fingerprint density at radius 2 is 2.03 bits per heavy atom. The smallest absolute Gasteiger partial charge is 0.259 e. The molecule has 2 heterocycles. The summed E-state index contributed by atoms with van der Waals surface area (Å²) in [4.78, 5) is 24.2. The number of ether oxygens (including phenoxy) is 1. The van der Waals surface area contributed by atoms with Crippen LogP contribution in [0.2, 0.25) is 0 Å². The molecule has 2 N–H and O–H groups in total. The quantitative estimate of drug-likeness (QED) is 0.494. The van der Waals surface area contributed by atoms with E-state index in [-0.39, 0.29) is 5.56 Å². The Morgan fingerprint density at radius 1 is 1.28 bits per heavy atom. The molecule has 3 aromatic rings. The van der Waals surface area contributed by atoms with Gasteiger partial charge in [-0.3, -0.25) is 9.69 Å². The predicted octanol–water partition coefficient (Wildman–Crippen LogP) is 3.68. The highest BCUT2D eigenvalue weighted by molar-refractivity contribution is 7.18. The molecule has 1 atom stereocenters. The van der Waals surface area contributed by atoms with E-state index in [2.05, 4.69) is 23.7 Å². The highest BCUT2D eigenvalue weighted by Gasteiger charge is 2.17. The molecular weight excluding hydrogens is 386 g/mol. The van der Waals surface area contributed by atoms with Crippen molar-refractivity contribution in [3.05, 3.63) is 63.0 Å². The van der Waals surface area contributed by atoms with Gasteiger partial charge in [-0.25, -0.2) is 4.98 Å². The van der Waals surface area contributed by atoms with Gasteiger partial charge >= 0.3 is 0 Å². The van der Waals surface area contributed by atoms with Crippen molar-refractivity contribution in [1.82, 2.24) is 14.9 Å². The molecule has 1 unspecified atom stereocenters. The first-order valence-electron chi connectivity index (χ1n) is 9.95. The van der Waals surface area contributed by atoms with E-state index in [1.165, 1.54) is 0 Å². The summed E-state index contributed by atoms with van der Waals surface area (Å²) in [5.74, 6) is 0.987. The second-order valence-corrected chi connectivity index (χ2v) is 8.61. The van der Waals surface area contributed by atoms with Crippen molar-refractivity contribution in [2.24, 2.45) is 0 Å². The maximum atomic E-state index is 12.5. The summed E-state index contributed by atoms with van der Waals surface area (Å²) in [7, 11) is 1.68. The second kappa shape index (κ2) is 10.1. The van der Waals surface area contributed by atoms with Crippen LogP contribution in [0.25, 0.3) is 10.2 Å². The fourth-order valence-electron chi connectivity index (χ4n) is 3.26. The van der Waals surface area contributed by atoms with Gasteiger partial charge in [-0.1, -0.05) is 44.2 Å². The fraction of sp³-hybridized carbons (Fsp3) is 0.455. The second-order valence-electron chi connectivity index (χ2n) is 7.54. The normalized spacial score (nSPS) is 12.9. The van der Waals surface area contributed by atoms with Gasteiger partial charge in [-0.05, 0) is 24.0 Å². The van der Waals surface area contributed by atoms with E-state index in [9.17, 15) is 9.90 Å². The molecule has 29 heavy (non-hydrogen) atoms. The summed E-state index contributed by atoms with van der Waals surface area (Å²) in [6.45, 7) is 6.53. The lowest BCUT2D eigenvalue weighted by Crippen LogP contribution is -2.31. The van der Waals surface area contributed by atoms with Gasteiger partial charge in [0, 0.05) is 31.7 Å². The molecule has 0 saturated heterocycles. The van der Waals surface area contributed by atoms with Crippen molar-refractivity contribution in [2.75, 3.05) is 26.8 Å². The van der Waals surface area contributed by atoms with Gasteiger partial charge in [0.1, 0.15) is 10.7 Å². The number of methoxy groups -OCH3 is 1. The Kier molecular flexibility index (Phi) is 7.55. The summed E-state index contributed by atoms with van der Waals surface area (Å²) in [5.41, 5.74) is 0.773. The Morgan fingerprint density at radius 3 is 2.72 bits per heavy atom. The summed E-state index contributed by atoms with van der Waals surface area (Å²) in [6.07, 6.45) is 0.226. The average molecular weight is 416 g/mol. The predicted molar refractivity (Wildman–Crippen MR) is 118 cm³/mol. The Balaban J connectivity index is 1.80. The minimum absolute atomic E-state index is 0.103. The maximum absolute atomic E-state index is 12.5. The molecule has 0 radical (unpaired) electrons. The minimum atomic E-state index is -0.608. The van der Waals surface area contributed by atoms with E-state index >= 15 is 0 Å². The lowest BCUT2D eigenvalue weighted by atomic mass is 10.1. The fourth-order valence-corrected chi connectivity index (χ4v) is 4.31. The van der Waals surface area contributed by atoms with Crippen LogP contribution in [0.15, 0.2) is 41.2 Å². The van der Waals surface area contributed by atoms with E-state index in [0.29, 0.717) is 36.8 Å². The van der Waals surface area contributed by atoms with Crippen LogP contribution >= 0.6 is 11.3 Å². The molecule has 156 valence electrons. The van der Waals surface area contributed by atoms with E-state index in [0.717, 1.165) is 28.2 Å². The van der Waals surface area contributed by atoms with Crippen molar-refractivity contribution < 1.29 is 9.84 Å². The number of hydrogen-bond acceptors (Lipinski definition) is 6. The highest BCUT2D eigenvalue weighted by atomic mass is 32.1. The Labute approximate surface area is 175 Å². The van der Waals surface area contributed by atoms with Crippen LogP contribution in [0, 0.1) is 0 Å². The largest absolute Gasteiger partial charge is 0.387 e. The zero-order chi connectivity index (χ0) is 20.8. The lowest BCUT2D eigenvalue weighted by Gasteiger charge is -2.24. The van der Waals surface area contributed by atoms with E-state index in [1.807, 2.05) is 36.4 Å². The van der Waals surface area contributed by atoms with E-state index < -0.39 is 6.10 Å². The zero-order valence-electron chi connectivity index (χ0n) is 17.2. The number of benzene rings is 1.